The van der Waals surface area contributed by atoms with Gasteiger partial charge in [-0.25, -0.2) is 0 Å². The summed E-state index contributed by atoms with van der Waals surface area (Å²) in [6.07, 6.45) is 16.7. The second kappa shape index (κ2) is 23.6. The Bertz CT molecular complexity index is 2520. The molecule has 2 aliphatic rings. The fraction of sp³-hybridized carbons (Fsp3) is 0.607. The summed E-state index contributed by atoms with van der Waals surface area (Å²) in [6.45, 7) is 23.6. The molecule has 2 aliphatic heterocycles. The molecule has 4 atom stereocenters. The van der Waals surface area contributed by atoms with Gasteiger partial charge in [0.05, 0.1) is 59.5 Å². The van der Waals surface area contributed by atoms with E-state index < -0.39 is 0 Å². The van der Waals surface area contributed by atoms with Crippen molar-refractivity contribution >= 4 is 89.1 Å². The molecule has 0 N–H and O–H groups in total. The second-order valence-electron chi connectivity index (χ2n) is 19.6. The zero-order valence-electron chi connectivity index (χ0n) is 42.6. The Kier molecular flexibility index (Phi) is 18.1. The highest BCUT2D eigenvalue weighted by Crippen LogP contribution is 2.56. The number of carbonyl (C=O) groups excluding carboxylic acids is 4. The molecular weight excluding hydrogens is 925 g/mol. The summed E-state index contributed by atoms with van der Waals surface area (Å²) in [7, 11) is 0. The Labute approximate surface area is 422 Å². The van der Waals surface area contributed by atoms with Crippen LogP contribution in [0.4, 0.5) is 0 Å². The number of hydrogen-bond donors (Lipinski definition) is 0. The summed E-state index contributed by atoms with van der Waals surface area (Å²) in [5.74, 6) is 1.82. The first kappa shape index (κ1) is 52.2. The third-order valence-corrected chi connectivity index (χ3v) is 19.6. The van der Waals surface area contributed by atoms with Gasteiger partial charge in [0.15, 0.2) is 0 Å². The molecule has 0 fully saturated rings. The number of nitrogens with zero attached hydrogens (tertiary/aromatic N) is 2. The highest BCUT2D eigenvalue weighted by atomic mass is 32.1. The molecule has 7 rings (SSSR count). The number of aryl methyl sites for hydroxylation is 2. The van der Waals surface area contributed by atoms with Gasteiger partial charge in [-0.2, -0.15) is 0 Å². The number of unbranched alkanes of at least 4 members (excludes halogenated alkanes) is 4. The van der Waals surface area contributed by atoms with Crippen LogP contribution in [0.1, 0.15) is 209 Å². The average Bonchev–Trinajstić information content (AvgIpc) is 4.19. The first-order valence-corrected chi connectivity index (χ1v) is 29.4. The van der Waals surface area contributed by atoms with E-state index in [9.17, 15) is 9.59 Å². The van der Waals surface area contributed by atoms with Gasteiger partial charge in [0.25, 0.3) is 23.6 Å². The lowest BCUT2D eigenvalue weighted by atomic mass is 9.99. The van der Waals surface area contributed by atoms with E-state index in [0.29, 0.717) is 70.1 Å². The molecule has 5 aromatic rings. The standard InChI is InChI=1S/C56H76N2O6S4/c1-11-19-23-35(15-5)29-57-53(59)42-34(10)66-51(43(42)54(57)60)52-45-44(55(61)58(56(45)62)30-36(16-6)24-20-12-2)50(68-52)41-28-40-47(64-32-38(18-8)26-22-14-4)48-39(27-33(9)65-48)46(49(40)67-41)63-31-37(17-7)25-21-13-3/h27-28,35-38H,11-26,29-32H2,1-10H3. The Morgan fingerprint density at radius 2 is 0.868 bits per heavy atom. The smallest absolute Gasteiger partial charge is 0.263 e. The summed E-state index contributed by atoms with van der Waals surface area (Å²) in [5, 5.41) is 2.02. The summed E-state index contributed by atoms with van der Waals surface area (Å²) in [4.78, 5) is 66.7. The molecule has 0 saturated heterocycles. The highest BCUT2D eigenvalue weighted by Gasteiger charge is 2.47. The zero-order chi connectivity index (χ0) is 48.8. The lowest BCUT2D eigenvalue weighted by Gasteiger charge is -2.22. The van der Waals surface area contributed by atoms with Gasteiger partial charge in [-0.1, -0.05) is 132 Å². The van der Waals surface area contributed by atoms with Crippen molar-refractivity contribution in [3.05, 3.63) is 44.1 Å². The van der Waals surface area contributed by atoms with E-state index in [4.69, 9.17) is 9.47 Å². The molecule has 0 radical (unpaired) electrons. The van der Waals surface area contributed by atoms with Gasteiger partial charge in [-0.3, -0.25) is 29.0 Å². The van der Waals surface area contributed by atoms with E-state index in [1.807, 2.05) is 6.92 Å². The molecule has 12 heteroatoms. The largest absolute Gasteiger partial charge is 0.491 e. The van der Waals surface area contributed by atoms with Crippen molar-refractivity contribution in [3.8, 4) is 31.0 Å². The van der Waals surface area contributed by atoms with Gasteiger partial charge in [0.2, 0.25) is 0 Å². The molecule has 1 aromatic carbocycles. The summed E-state index contributed by atoms with van der Waals surface area (Å²) in [6, 6.07) is 4.41. The second-order valence-corrected chi connectivity index (χ2v) is 24.1. The Morgan fingerprint density at radius 1 is 0.471 bits per heavy atom. The van der Waals surface area contributed by atoms with Crippen molar-refractivity contribution in [3.63, 3.8) is 0 Å². The molecule has 4 aromatic heterocycles. The third-order valence-electron chi connectivity index (χ3n) is 14.7. The fourth-order valence-corrected chi connectivity index (χ4v) is 15.0. The predicted octanol–water partition coefficient (Wildman–Crippen LogP) is 17.0. The van der Waals surface area contributed by atoms with Crippen LogP contribution in [0.5, 0.6) is 11.5 Å². The van der Waals surface area contributed by atoms with Crippen molar-refractivity contribution in [1.29, 1.82) is 0 Å². The van der Waals surface area contributed by atoms with E-state index in [0.717, 1.165) is 149 Å². The van der Waals surface area contributed by atoms with Gasteiger partial charge < -0.3 is 9.47 Å². The molecule has 0 aliphatic carbocycles. The summed E-state index contributed by atoms with van der Waals surface area (Å²) in [5.41, 5.74) is 1.59. The van der Waals surface area contributed by atoms with Crippen LogP contribution in [0.25, 0.3) is 39.7 Å². The van der Waals surface area contributed by atoms with Crippen molar-refractivity contribution < 1.29 is 28.7 Å². The van der Waals surface area contributed by atoms with Crippen LogP contribution < -0.4 is 9.47 Å². The molecule has 0 bridgehead atoms. The van der Waals surface area contributed by atoms with Crippen LogP contribution in [0, 0.1) is 37.5 Å². The quantitative estimate of drug-likeness (QED) is 0.0464. The number of imide groups is 2. The minimum absolute atomic E-state index is 0.177. The normalized spacial score (nSPS) is 15.6. The van der Waals surface area contributed by atoms with Crippen LogP contribution in [-0.2, 0) is 0 Å². The Balaban J connectivity index is 1.42. The molecular formula is C56H76N2O6S4. The minimum Gasteiger partial charge on any atom is -0.491 e. The predicted molar refractivity (Wildman–Crippen MR) is 288 cm³/mol. The number of benzene rings is 1. The van der Waals surface area contributed by atoms with Gasteiger partial charge in [0.1, 0.15) is 11.5 Å². The molecule has 370 valence electrons. The number of rotatable bonds is 28. The monoisotopic (exact) mass is 1000 g/mol. The fourth-order valence-electron chi connectivity index (χ4n) is 10.2. The molecule has 68 heavy (non-hydrogen) atoms. The molecule has 8 nitrogen and oxygen atoms in total. The van der Waals surface area contributed by atoms with Crippen molar-refractivity contribution in [1.82, 2.24) is 9.80 Å². The molecule has 4 unspecified atom stereocenters. The number of hydrogen-bond acceptors (Lipinski definition) is 10. The van der Waals surface area contributed by atoms with Crippen LogP contribution in [-0.4, -0.2) is 59.7 Å². The van der Waals surface area contributed by atoms with Crippen molar-refractivity contribution in [2.45, 2.75) is 172 Å². The number of thiophene rings is 4. The minimum atomic E-state index is -0.308. The SMILES string of the molecule is CCCCC(CC)COc1c2cc(-c3sc(-c4sc(C)c5c4C(=O)N(CC(CC)CCCC)C5=O)c4c3C(=O)N(CC(CC)CCCC)C4=O)sc2c(OCC(CC)CCCC)c2cc(C)sc12. The number of carbonyl (C=O) groups is 4. The van der Waals surface area contributed by atoms with Crippen LogP contribution >= 0.6 is 45.3 Å². The van der Waals surface area contributed by atoms with Crippen molar-refractivity contribution in [2.75, 3.05) is 26.3 Å². The topological polar surface area (TPSA) is 93.2 Å². The number of ether oxygens (including phenoxy) is 2. The lowest BCUT2D eigenvalue weighted by molar-refractivity contribution is 0.0608. The van der Waals surface area contributed by atoms with Crippen LogP contribution in [0.2, 0.25) is 0 Å². The van der Waals surface area contributed by atoms with Crippen molar-refractivity contribution in [2.24, 2.45) is 23.7 Å². The molecule has 4 amide bonds. The van der Waals surface area contributed by atoms with Crippen LogP contribution in [0.3, 0.4) is 0 Å². The van der Waals surface area contributed by atoms with Gasteiger partial charge >= 0.3 is 0 Å². The van der Waals surface area contributed by atoms with E-state index in [1.165, 1.54) is 37.4 Å². The maximum atomic E-state index is 15.1. The Morgan fingerprint density at radius 3 is 1.34 bits per heavy atom. The van der Waals surface area contributed by atoms with E-state index in [1.54, 1.807) is 22.7 Å². The highest BCUT2D eigenvalue weighted by molar-refractivity contribution is 7.29. The number of amides is 4. The molecule has 6 heterocycles. The average molecular weight is 1000 g/mol. The van der Waals surface area contributed by atoms with Gasteiger partial charge in [-0.15, -0.1) is 45.3 Å². The maximum Gasteiger partial charge on any atom is 0.263 e. The zero-order valence-corrected chi connectivity index (χ0v) is 45.8. The number of fused-ring (bicyclic) bond motifs is 4. The Hall–Kier alpha value is -3.58. The lowest BCUT2D eigenvalue weighted by Crippen LogP contribution is -2.35. The maximum absolute atomic E-state index is 15.1. The molecule has 0 spiro atoms. The van der Waals surface area contributed by atoms with Gasteiger partial charge in [-0.05, 0) is 75.3 Å². The van der Waals surface area contributed by atoms with E-state index >= 15 is 9.59 Å². The first-order chi connectivity index (χ1) is 32.9. The summed E-state index contributed by atoms with van der Waals surface area (Å²) >= 11 is 6.16. The van der Waals surface area contributed by atoms with Gasteiger partial charge in [0, 0.05) is 38.5 Å². The van der Waals surface area contributed by atoms with E-state index in [2.05, 4.69) is 74.4 Å². The van der Waals surface area contributed by atoms with E-state index in [-0.39, 0.29) is 35.5 Å². The molecule has 0 saturated carbocycles. The third kappa shape index (κ3) is 10.4. The summed E-state index contributed by atoms with van der Waals surface area (Å²) < 4.78 is 16.1. The van der Waals surface area contributed by atoms with Crippen LogP contribution in [0.15, 0.2) is 12.1 Å². The first-order valence-electron chi connectivity index (χ1n) is 26.2.